The molecule has 6 heteroatoms. The Hall–Kier alpha value is -1.07. The number of nitrogens with zero attached hydrogens (tertiary/aromatic N) is 3. The smallest absolute Gasteiger partial charge is 0.318 e. The van der Waals surface area contributed by atoms with E-state index in [0.717, 1.165) is 13.1 Å². The molecule has 1 saturated heterocycles. The fraction of sp³-hybridized carbons (Fsp3) is 0.636. The largest absolute Gasteiger partial charge is 0.467 e. The van der Waals surface area contributed by atoms with Gasteiger partial charge in [-0.25, -0.2) is 4.98 Å². The summed E-state index contributed by atoms with van der Waals surface area (Å²) in [5, 5.41) is 3.78. The molecule has 2 heterocycles. The minimum absolute atomic E-state index is 0.330. The summed E-state index contributed by atoms with van der Waals surface area (Å²) in [5.41, 5.74) is 0. The fourth-order valence-corrected chi connectivity index (χ4v) is 2.18. The zero-order valence-electron chi connectivity index (χ0n) is 10.1. The first-order chi connectivity index (χ1) is 8.20. The Labute approximate surface area is 106 Å². The van der Waals surface area contributed by atoms with E-state index in [1.165, 1.54) is 20.0 Å². The topological polar surface area (TPSA) is 50.3 Å². The number of rotatable bonds is 4. The Kier molecular flexibility index (Phi) is 4.02. The lowest BCUT2D eigenvalue weighted by Crippen LogP contribution is -2.31. The van der Waals surface area contributed by atoms with E-state index in [1.54, 1.807) is 6.20 Å². The molecule has 0 aliphatic carbocycles. The molecule has 0 saturated carbocycles. The summed E-state index contributed by atoms with van der Waals surface area (Å²) in [4.78, 5) is 10.5. The molecule has 1 aromatic rings. The van der Waals surface area contributed by atoms with Gasteiger partial charge in [0.2, 0.25) is 0 Å². The zero-order chi connectivity index (χ0) is 12.3. The van der Waals surface area contributed by atoms with Gasteiger partial charge >= 0.3 is 6.01 Å². The summed E-state index contributed by atoms with van der Waals surface area (Å²) in [6.45, 7) is 2.00. The van der Waals surface area contributed by atoms with Crippen molar-refractivity contribution in [3.63, 3.8) is 0 Å². The van der Waals surface area contributed by atoms with Gasteiger partial charge in [-0.3, -0.25) is 0 Å². The van der Waals surface area contributed by atoms with Crippen LogP contribution in [-0.2, 0) is 0 Å². The quantitative estimate of drug-likeness (QED) is 0.888. The van der Waals surface area contributed by atoms with Gasteiger partial charge in [0.1, 0.15) is 5.02 Å². The molecule has 1 unspecified atom stereocenters. The van der Waals surface area contributed by atoms with Crippen molar-refractivity contribution >= 4 is 17.4 Å². The molecular formula is C11H17ClN4O. The van der Waals surface area contributed by atoms with Crippen LogP contribution in [0.1, 0.15) is 12.8 Å². The highest BCUT2D eigenvalue weighted by Crippen LogP contribution is 2.21. The SMILES string of the molecule is COc1ncc(Cl)c(NCC2CCCN2C)n1. The molecule has 1 aromatic heterocycles. The van der Waals surface area contributed by atoms with Gasteiger partial charge in [0, 0.05) is 12.6 Å². The summed E-state index contributed by atoms with van der Waals surface area (Å²) >= 11 is 6.02. The second-order valence-electron chi connectivity index (χ2n) is 4.21. The van der Waals surface area contributed by atoms with Crippen LogP contribution in [0.25, 0.3) is 0 Å². The number of likely N-dealkylation sites (N-methyl/N-ethyl adjacent to an activating group) is 1. The molecule has 0 spiro atoms. The molecule has 1 aliphatic rings. The third kappa shape index (κ3) is 2.98. The number of methoxy groups -OCH3 is 1. The Morgan fingerprint density at radius 1 is 1.65 bits per heavy atom. The van der Waals surface area contributed by atoms with Crippen molar-refractivity contribution in [2.75, 3.05) is 32.6 Å². The van der Waals surface area contributed by atoms with E-state index in [9.17, 15) is 0 Å². The monoisotopic (exact) mass is 256 g/mol. The first-order valence-electron chi connectivity index (χ1n) is 5.71. The van der Waals surface area contributed by atoms with Crippen LogP contribution in [0, 0.1) is 0 Å². The van der Waals surface area contributed by atoms with Crippen molar-refractivity contribution in [2.24, 2.45) is 0 Å². The normalized spacial score (nSPS) is 20.5. The van der Waals surface area contributed by atoms with E-state index >= 15 is 0 Å². The Morgan fingerprint density at radius 3 is 3.12 bits per heavy atom. The van der Waals surface area contributed by atoms with Crippen molar-refractivity contribution in [3.8, 4) is 6.01 Å². The van der Waals surface area contributed by atoms with Gasteiger partial charge in [-0.05, 0) is 26.4 Å². The molecule has 0 radical (unpaired) electrons. The van der Waals surface area contributed by atoms with Crippen molar-refractivity contribution in [1.82, 2.24) is 14.9 Å². The van der Waals surface area contributed by atoms with E-state index in [0.29, 0.717) is 22.9 Å². The van der Waals surface area contributed by atoms with Gasteiger partial charge in [-0.2, -0.15) is 4.98 Å². The van der Waals surface area contributed by atoms with Crippen LogP contribution in [0.15, 0.2) is 6.20 Å². The van der Waals surface area contributed by atoms with Crippen LogP contribution < -0.4 is 10.1 Å². The van der Waals surface area contributed by atoms with Gasteiger partial charge < -0.3 is 15.0 Å². The lowest BCUT2D eigenvalue weighted by molar-refractivity contribution is 0.322. The lowest BCUT2D eigenvalue weighted by atomic mass is 10.2. The number of nitrogens with one attached hydrogen (secondary N) is 1. The first kappa shape index (κ1) is 12.4. The average Bonchev–Trinajstić information content (AvgIpc) is 2.74. The molecule has 0 aromatic carbocycles. The van der Waals surface area contributed by atoms with Gasteiger partial charge in [0.25, 0.3) is 0 Å². The van der Waals surface area contributed by atoms with E-state index in [-0.39, 0.29) is 0 Å². The Balaban J connectivity index is 1.98. The fourth-order valence-electron chi connectivity index (χ4n) is 2.02. The number of aromatic nitrogens is 2. The van der Waals surface area contributed by atoms with E-state index in [1.807, 2.05) is 0 Å². The molecule has 94 valence electrons. The van der Waals surface area contributed by atoms with Crippen LogP contribution in [-0.4, -0.2) is 48.2 Å². The van der Waals surface area contributed by atoms with E-state index in [2.05, 4.69) is 27.2 Å². The maximum atomic E-state index is 6.02. The highest BCUT2D eigenvalue weighted by molar-refractivity contribution is 6.32. The van der Waals surface area contributed by atoms with Crippen molar-refractivity contribution < 1.29 is 4.74 Å². The van der Waals surface area contributed by atoms with Gasteiger partial charge in [-0.15, -0.1) is 0 Å². The minimum Gasteiger partial charge on any atom is -0.467 e. The molecule has 0 bridgehead atoms. The molecule has 0 amide bonds. The Bertz CT molecular complexity index is 388. The number of anilines is 1. The predicted molar refractivity (Wildman–Crippen MR) is 67.7 cm³/mol. The van der Waals surface area contributed by atoms with Gasteiger partial charge in [-0.1, -0.05) is 11.6 Å². The third-order valence-electron chi connectivity index (χ3n) is 3.08. The highest BCUT2D eigenvalue weighted by Gasteiger charge is 2.20. The average molecular weight is 257 g/mol. The molecule has 1 atom stereocenters. The maximum Gasteiger partial charge on any atom is 0.318 e. The highest BCUT2D eigenvalue weighted by atomic mass is 35.5. The van der Waals surface area contributed by atoms with Crippen LogP contribution in [0.3, 0.4) is 0 Å². The predicted octanol–water partition coefficient (Wildman–Crippen LogP) is 1.64. The maximum absolute atomic E-state index is 6.02. The van der Waals surface area contributed by atoms with Crippen molar-refractivity contribution in [3.05, 3.63) is 11.2 Å². The number of halogens is 1. The number of likely N-dealkylation sites (tertiary alicyclic amines) is 1. The Morgan fingerprint density at radius 2 is 2.47 bits per heavy atom. The van der Waals surface area contributed by atoms with E-state index < -0.39 is 0 Å². The second-order valence-corrected chi connectivity index (χ2v) is 4.62. The minimum atomic E-state index is 0.330. The summed E-state index contributed by atoms with van der Waals surface area (Å²) < 4.78 is 4.97. The summed E-state index contributed by atoms with van der Waals surface area (Å²) in [7, 11) is 3.68. The lowest BCUT2D eigenvalue weighted by Gasteiger charge is -2.20. The molecule has 17 heavy (non-hydrogen) atoms. The van der Waals surface area contributed by atoms with Crippen LogP contribution >= 0.6 is 11.6 Å². The van der Waals surface area contributed by atoms with Crippen LogP contribution in [0.4, 0.5) is 5.82 Å². The molecule has 1 N–H and O–H groups in total. The third-order valence-corrected chi connectivity index (χ3v) is 3.36. The number of hydrogen-bond acceptors (Lipinski definition) is 5. The standard InChI is InChI=1S/C11H17ClN4O/c1-16-5-3-4-8(16)6-13-10-9(12)7-14-11(15-10)17-2/h7-8H,3-6H2,1-2H3,(H,13,14,15). The van der Waals surface area contributed by atoms with E-state index in [4.69, 9.17) is 16.3 Å². The van der Waals surface area contributed by atoms with Crippen molar-refractivity contribution in [2.45, 2.75) is 18.9 Å². The van der Waals surface area contributed by atoms with Gasteiger partial charge in [0.15, 0.2) is 5.82 Å². The summed E-state index contributed by atoms with van der Waals surface area (Å²) in [5.74, 6) is 0.638. The molecule has 5 nitrogen and oxygen atoms in total. The van der Waals surface area contributed by atoms with Crippen LogP contribution in [0.2, 0.25) is 5.02 Å². The molecule has 1 aliphatic heterocycles. The summed E-state index contributed by atoms with van der Waals surface area (Å²) in [6.07, 6.45) is 4.01. The number of ether oxygens (including phenoxy) is 1. The van der Waals surface area contributed by atoms with Crippen LogP contribution in [0.5, 0.6) is 6.01 Å². The van der Waals surface area contributed by atoms with Gasteiger partial charge in [0.05, 0.1) is 13.3 Å². The molecule has 1 fully saturated rings. The van der Waals surface area contributed by atoms with Crippen molar-refractivity contribution in [1.29, 1.82) is 0 Å². The number of hydrogen-bond donors (Lipinski definition) is 1. The second kappa shape index (κ2) is 5.51. The summed E-state index contributed by atoms with van der Waals surface area (Å²) in [6, 6.07) is 0.878. The molecular weight excluding hydrogens is 240 g/mol. The first-order valence-corrected chi connectivity index (χ1v) is 6.09. The zero-order valence-corrected chi connectivity index (χ0v) is 10.9. The molecule has 2 rings (SSSR count).